The van der Waals surface area contributed by atoms with E-state index in [1.807, 2.05) is 22.9 Å². The predicted octanol–water partition coefficient (Wildman–Crippen LogP) is 3.93. The number of rotatable bonds is 5. The molecule has 30 heavy (non-hydrogen) atoms. The van der Waals surface area contributed by atoms with Gasteiger partial charge in [0.25, 0.3) is 5.56 Å². The maximum absolute atomic E-state index is 13.3. The second kappa shape index (κ2) is 8.30. The number of hydrogen-bond donors (Lipinski definition) is 1. The summed E-state index contributed by atoms with van der Waals surface area (Å²) < 4.78 is 1.92. The Morgan fingerprint density at radius 3 is 2.57 bits per heavy atom. The van der Waals surface area contributed by atoms with Gasteiger partial charge < -0.3 is 4.98 Å². The van der Waals surface area contributed by atoms with Crippen molar-refractivity contribution in [2.24, 2.45) is 0 Å². The van der Waals surface area contributed by atoms with Crippen LogP contribution in [0, 0.1) is 6.92 Å². The fraction of sp³-hybridized carbons (Fsp3) is 0.565. The summed E-state index contributed by atoms with van der Waals surface area (Å²) in [6.45, 7) is 10.4. The summed E-state index contributed by atoms with van der Waals surface area (Å²) in [4.78, 5) is 18.7. The van der Waals surface area contributed by atoms with Gasteiger partial charge in [-0.3, -0.25) is 9.69 Å². The Kier molecular flexibility index (Phi) is 5.73. The van der Waals surface area contributed by atoms with Crippen LogP contribution >= 0.6 is 0 Å². The monoisotopic (exact) mass is 408 g/mol. The van der Waals surface area contributed by atoms with E-state index in [0.29, 0.717) is 0 Å². The maximum atomic E-state index is 13.3. The average molecular weight is 409 g/mol. The number of nitrogens with zero attached hydrogens (tertiary/aromatic N) is 5. The molecule has 4 rings (SSSR count). The lowest BCUT2D eigenvalue weighted by atomic mass is 9.99. The van der Waals surface area contributed by atoms with Crippen molar-refractivity contribution in [2.45, 2.75) is 71.4 Å². The normalized spacial score (nSPS) is 17.2. The van der Waals surface area contributed by atoms with E-state index in [4.69, 9.17) is 0 Å². The smallest absolute Gasteiger partial charge is 0.253 e. The van der Waals surface area contributed by atoms with Crippen LogP contribution in [-0.2, 0) is 5.54 Å². The van der Waals surface area contributed by atoms with E-state index in [0.717, 1.165) is 54.6 Å². The van der Waals surface area contributed by atoms with Crippen molar-refractivity contribution in [1.82, 2.24) is 30.1 Å². The molecule has 7 nitrogen and oxygen atoms in total. The molecule has 1 fully saturated rings. The fourth-order valence-electron chi connectivity index (χ4n) is 4.34. The minimum absolute atomic E-state index is 0.0653. The van der Waals surface area contributed by atoms with E-state index in [1.165, 1.54) is 18.4 Å². The van der Waals surface area contributed by atoms with Crippen LogP contribution in [0.5, 0.6) is 0 Å². The average Bonchev–Trinajstić information content (AvgIpc) is 3.06. The molecular weight excluding hydrogens is 376 g/mol. The highest BCUT2D eigenvalue weighted by molar-refractivity contribution is 5.79. The number of benzene rings is 1. The molecule has 160 valence electrons. The van der Waals surface area contributed by atoms with Gasteiger partial charge in [0.15, 0.2) is 5.82 Å². The summed E-state index contributed by atoms with van der Waals surface area (Å²) in [7, 11) is 0. The molecule has 1 N–H and O–H groups in total. The van der Waals surface area contributed by atoms with Gasteiger partial charge in [0.2, 0.25) is 0 Å². The molecule has 0 unspecified atom stereocenters. The topological polar surface area (TPSA) is 79.7 Å². The summed E-state index contributed by atoms with van der Waals surface area (Å²) in [6, 6.07) is 7.88. The highest BCUT2D eigenvalue weighted by Crippen LogP contribution is 2.32. The van der Waals surface area contributed by atoms with Gasteiger partial charge in [0.05, 0.1) is 5.54 Å². The van der Waals surface area contributed by atoms with Gasteiger partial charge in [-0.2, -0.15) is 0 Å². The molecule has 0 amide bonds. The lowest BCUT2D eigenvalue weighted by molar-refractivity contribution is 0.202. The molecule has 0 radical (unpaired) electrons. The Morgan fingerprint density at radius 1 is 1.13 bits per heavy atom. The molecule has 1 atom stereocenters. The summed E-state index contributed by atoms with van der Waals surface area (Å²) in [6.07, 6.45) is 5.59. The number of aromatic nitrogens is 5. The van der Waals surface area contributed by atoms with Crippen LogP contribution in [0.25, 0.3) is 10.9 Å². The van der Waals surface area contributed by atoms with Crippen molar-refractivity contribution in [1.29, 1.82) is 0 Å². The Labute approximate surface area is 177 Å². The van der Waals surface area contributed by atoms with Crippen molar-refractivity contribution in [3.8, 4) is 0 Å². The van der Waals surface area contributed by atoms with Crippen LogP contribution < -0.4 is 5.56 Å². The number of H-pyrrole nitrogens is 1. The summed E-state index contributed by atoms with van der Waals surface area (Å²) >= 11 is 0. The number of pyridine rings is 1. The minimum Gasteiger partial charge on any atom is -0.322 e. The Balaban J connectivity index is 1.91. The van der Waals surface area contributed by atoms with Crippen LogP contribution in [0.2, 0.25) is 0 Å². The zero-order valence-corrected chi connectivity index (χ0v) is 18.5. The quantitative estimate of drug-likeness (QED) is 0.692. The third kappa shape index (κ3) is 3.90. The van der Waals surface area contributed by atoms with Crippen molar-refractivity contribution in [3.63, 3.8) is 0 Å². The lowest BCUT2D eigenvalue weighted by Gasteiger charge is -2.32. The molecule has 1 saturated heterocycles. The first kappa shape index (κ1) is 20.7. The van der Waals surface area contributed by atoms with E-state index in [9.17, 15) is 4.79 Å². The molecule has 2 aromatic heterocycles. The van der Waals surface area contributed by atoms with Crippen LogP contribution in [0.4, 0.5) is 0 Å². The molecule has 0 bridgehead atoms. The summed E-state index contributed by atoms with van der Waals surface area (Å²) in [5.74, 6) is 0.751. The first-order valence-corrected chi connectivity index (χ1v) is 11.1. The standard InChI is InChI=1S/C23H32N6O/c1-5-23(3,4)29-21(25-26-27-29)20(28-12-8-6-7-9-13-28)18-15-17-14-16(2)10-11-19(17)24-22(18)30/h10-11,14-15,20H,5-9,12-13H2,1-4H3,(H,24,30)/t20-/m0/s1. The van der Waals surface area contributed by atoms with Crippen molar-refractivity contribution in [2.75, 3.05) is 13.1 Å². The number of aryl methyl sites for hydroxylation is 1. The molecule has 1 aliphatic rings. The molecule has 1 aliphatic heterocycles. The van der Waals surface area contributed by atoms with Crippen LogP contribution in [-0.4, -0.2) is 43.2 Å². The van der Waals surface area contributed by atoms with Gasteiger partial charge in [-0.05, 0) is 87.1 Å². The first-order chi connectivity index (χ1) is 14.4. The van der Waals surface area contributed by atoms with E-state index in [1.54, 1.807) is 0 Å². The lowest BCUT2D eigenvalue weighted by Crippen LogP contribution is -2.38. The molecule has 3 aromatic rings. The summed E-state index contributed by atoms with van der Waals surface area (Å²) in [5.41, 5.74) is 2.45. The summed E-state index contributed by atoms with van der Waals surface area (Å²) in [5, 5.41) is 13.9. The second-order valence-corrected chi connectivity index (χ2v) is 9.11. The molecular formula is C23H32N6O. The van der Waals surface area contributed by atoms with Gasteiger partial charge >= 0.3 is 0 Å². The molecule has 3 heterocycles. The first-order valence-electron chi connectivity index (χ1n) is 11.1. The van der Waals surface area contributed by atoms with Gasteiger partial charge in [-0.25, -0.2) is 4.68 Å². The van der Waals surface area contributed by atoms with Crippen LogP contribution in [0.3, 0.4) is 0 Å². The van der Waals surface area contributed by atoms with E-state index in [-0.39, 0.29) is 17.1 Å². The molecule has 0 aliphatic carbocycles. The van der Waals surface area contributed by atoms with E-state index >= 15 is 0 Å². The largest absolute Gasteiger partial charge is 0.322 e. The fourth-order valence-corrected chi connectivity index (χ4v) is 4.34. The Morgan fingerprint density at radius 2 is 1.87 bits per heavy atom. The number of fused-ring (bicyclic) bond motifs is 1. The number of nitrogens with one attached hydrogen (secondary N) is 1. The SMILES string of the molecule is CCC(C)(C)n1nnnc1[C@H](c1cc2cc(C)ccc2[nH]c1=O)N1CCCCCC1. The van der Waals surface area contributed by atoms with Gasteiger partial charge in [0, 0.05) is 11.1 Å². The third-order valence-electron chi connectivity index (χ3n) is 6.51. The van der Waals surface area contributed by atoms with Gasteiger partial charge in [-0.1, -0.05) is 31.4 Å². The molecule has 0 spiro atoms. The Hall–Kier alpha value is -2.54. The highest BCUT2D eigenvalue weighted by atomic mass is 16.1. The molecule has 0 saturated carbocycles. The highest BCUT2D eigenvalue weighted by Gasteiger charge is 2.34. The number of tetrazole rings is 1. The van der Waals surface area contributed by atoms with Crippen LogP contribution in [0.1, 0.15) is 75.9 Å². The zero-order chi connectivity index (χ0) is 21.3. The van der Waals surface area contributed by atoms with Crippen molar-refractivity contribution < 1.29 is 0 Å². The minimum atomic E-state index is -0.266. The number of aromatic amines is 1. The molecule has 1 aromatic carbocycles. The zero-order valence-electron chi connectivity index (χ0n) is 18.5. The molecule has 7 heteroatoms. The van der Waals surface area contributed by atoms with Gasteiger partial charge in [0.1, 0.15) is 6.04 Å². The number of hydrogen-bond acceptors (Lipinski definition) is 5. The van der Waals surface area contributed by atoms with Crippen molar-refractivity contribution in [3.05, 3.63) is 51.6 Å². The van der Waals surface area contributed by atoms with Crippen molar-refractivity contribution >= 4 is 10.9 Å². The third-order valence-corrected chi connectivity index (χ3v) is 6.51. The van der Waals surface area contributed by atoms with E-state index < -0.39 is 0 Å². The van der Waals surface area contributed by atoms with Gasteiger partial charge in [-0.15, -0.1) is 5.10 Å². The van der Waals surface area contributed by atoms with Crippen LogP contribution in [0.15, 0.2) is 29.1 Å². The Bertz CT molecular complexity index is 1070. The van der Waals surface area contributed by atoms with E-state index in [2.05, 4.69) is 59.2 Å². The predicted molar refractivity (Wildman–Crippen MR) is 119 cm³/mol. The second-order valence-electron chi connectivity index (χ2n) is 9.11. The number of likely N-dealkylation sites (tertiary alicyclic amines) is 1. The maximum Gasteiger partial charge on any atom is 0.253 e.